The molecule has 3 aromatic rings. The van der Waals surface area contributed by atoms with Gasteiger partial charge in [-0.05, 0) is 74.5 Å². The summed E-state index contributed by atoms with van der Waals surface area (Å²) in [7, 11) is 1.63. The van der Waals surface area contributed by atoms with Crippen LogP contribution >= 0.6 is 0 Å². The molecule has 8 nitrogen and oxygen atoms in total. The van der Waals surface area contributed by atoms with E-state index in [0.717, 1.165) is 48.7 Å². The van der Waals surface area contributed by atoms with Crippen molar-refractivity contribution in [1.29, 1.82) is 0 Å². The van der Waals surface area contributed by atoms with Gasteiger partial charge < -0.3 is 19.3 Å². The first-order chi connectivity index (χ1) is 16.1. The molecule has 33 heavy (non-hydrogen) atoms. The van der Waals surface area contributed by atoms with Crippen molar-refractivity contribution in [2.45, 2.75) is 19.4 Å². The third-order valence-electron chi connectivity index (χ3n) is 5.62. The number of nitrogens with zero attached hydrogens (tertiary/aromatic N) is 3. The van der Waals surface area contributed by atoms with Crippen molar-refractivity contribution in [3.8, 4) is 22.9 Å². The number of methoxy groups -OCH3 is 1. The van der Waals surface area contributed by atoms with Crippen LogP contribution in [0.2, 0.25) is 0 Å². The van der Waals surface area contributed by atoms with E-state index < -0.39 is 0 Å². The number of ether oxygens (including phenoxy) is 2. The number of likely N-dealkylation sites (tertiary alicyclic amines) is 1. The number of carbonyl (C=O) groups excluding carboxylic acids is 1. The molecule has 1 fully saturated rings. The van der Waals surface area contributed by atoms with Crippen molar-refractivity contribution in [3.05, 3.63) is 67.1 Å². The molecular formula is C25H28N4O4. The summed E-state index contributed by atoms with van der Waals surface area (Å²) in [6.45, 7) is 6.26. The predicted octanol–water partition coefficient (Wildman–Crippen LogP) is 4.16. The van der Waals surface area contributed by atoms with Crippen LogP contribution in [-0.2, 0) is 11.3 Å². The highest BCUT2D eigenvalue weighted by molar-refractivity contribution is 5.92. The van der Waals surface area contributed by atoms with Gasteiger partial charge in [-0.2, -0.15) is 4.98 Å². The van der Waals surface area contributed by atoms with Crippen molar-refractivity contribution < 1.29 is 18.8 Å². The number of carbonyl (C=O) groups is 1. The van der Waals surface area contributed by atoms with Crippen LogP contribution in [0.5, 0.6) is 11.5 Å². The Kier molecular flexibility index (Phi) is 7.36. The average molecular weight is 449 g/mol. The van der Waals surface area contributed by atoms with Gasteiger partial charge in [-0.3, -0.25) is 9.69 Å². The Morgan fingerprint density at radius 1 is 1.15 bits per heavy atom. The maximum atomic E-state index is 12.7. The van der Waals surface area contributed by atoms with E-state index in [1.54, 1.807) is 13.2 Å². The summed E-state index contributed by atoms with van der Waals surface area (Å²) in [4.78, 5) is 19.4. The third-order valence-corrected chi connectivity index (χ3v) is 5.62. The number of benzene rings is 2. The minimum Gasteiger partial charge on any atom is -0.497 e. The Morgan fingerprint density at radius 3 is 2.52 bits per heavy atom. The number of nitrogens with one attached hydrogen (secondary N) is 1. The lowest BCUT2D eigenvalue weighted by molar-refractivity contribution is -0.121. The molecule has 1 N–H and O–H groups in total. The van der Waals surface area contributed by atoms with Gasteiger partial charge >= 0.3 is 0 Å². The number of piperidine rings is 1. The number of rotatable bonds is 9. The van der Waals surface area contributed by atoms with Crippen LogP contribution in [0.4, 0.5) is 5.69 Å². The van der Waals surface area contributed by atoms with Gasteiger partial charge in [-0.25, -0.2) is 0 Å². The van der Waals surface area contributed by atoms with Crippen LogP contribution in [0.3, 0.4) is 0 Å². The Morgan fingerprint density at radius 2 is 1.85 bits per heavy atom. The van der Waals surface area contributed by atoms with Gasteiger partial charge in [0, 0.05) is 17.2 Å². The molecule has 0 aliphatic carbocycles. The van der Waals surface area contributed by atoms with E-state index in [0.29, 0.717) is 24.9 Å². The SMILES string of the molecule is C=CCOc1ccc(NC(=O)C2CCN(Cc3nc(-c4ccc(OC)cc4)no3)CC2)cc1. The van der Waals surface area contributed by atoms with E-state index in [4.69, 9.17) is 14.0 Å². The zero-order chi connectivity index (χ0) is 23.0. The van der Waals surface area contributed by atoms with Crippen LogP contribution in [-0.4, -0.2) is 47.8 Å². The molecule has 0 spiro atoms. The second-order valence-electron chi connectivity index (χ2n) is 7.90. The smallest absolute Gasteiger partial charge is 0.241 e. The van der Waals surface area contributed by atoms with Gasteiger partial charge in [0.15, 0.2) is 0 Å². The number of hydrogen-bond donors (Lipinski definition) is 1. The highest BCUT2D eigenvalue weighted by atomic mass is 16.5. The Bertz CT molecular complexity index is 1050. The Labute approximate surface area is 193 Å². The Hall–Kier alpha value is -3.65. The average Bonchev–Trinajstić information content (AvgIpc) is 3.32. The molecule has 4 rings (SSSR count). The molecule has 2 aromatic carbocycles. The van der Waals surface area contributed by atoms with Crippen molar-refractivity contribution in [3.63, 3.8) is 0 Å². The monoisotopic (exact) mass is 448 g/mol. The molecule has 0 atom stereocenters. The third kappa shape index (κ3) is 5.98. The maximum Gasteiger partial charge on any atom is 0.241 e. The van der Waals surface area contributed by atoms with Crippen LogP contribution in [0.25, 0.3) is 11.4 Å². The summed E-state index contributed by atoms with van der Waals surface area (Å²) >= 11 is 0. The van der Waals surface area contributed by atoms with E-state index in [1.807, 2.05) is 48.5 Å². The molecule has 1 aliphatic rings. The lowest BCUT2D eigenvalue weighted by atomic mass is 9.96. The first-order valence-corrected chi connectivity index (χ1v) is 11.0. The summed E-state index contributed by atoms with van der Waals surface area (Å²) in [5, 5.41) is 7.09. The molecule has 0 radical (unpaired) electrons. The summed E-state index contributed by atoms with van der Waals surface area (Å²) in [6, 6.07) is 14.9. The molecule has 0 bridgehead atoms. The molecule has 0 unspecified atom stereocenters. The summed E-state index contributed by atoms with van der Waals surface area (Å²) in [5.74, 6) is 2.69. The topological polar surface area (TPSA) is 89.7 Å². The highest BCUT2D eigenvalue weighted by Gasteiger charge is 2.26. The minimum absolute atomic E-state index is 0.0181. The fraction of sp³-hybridized carbons (Fsp3) is 0.320. The molecule has 1 saturated heterocycles. The fourth-order valence-electron chi connectivity index (χ4n) is 3.75. The molecular weight excluding hydrogens is 420 g/mol. The largest absolute Gasteiger partial charge is 0.497 e. The zero-order valence-corrected chi connectivity index (χ0v) is 18.7. The lowest BCUT2D eigenvalue weighted by Crippen LogP contribution is -2.37. The molecule has 172 valence electrons. The second-order valence-corrected chi connectivity index (χ2v) is 7.90. The zero-order valence-electron chi connectivity index (χ0n) is 18.7. The van der Waals surface area contributed by atoms with Crippen LogP contribution in [0.1, 0.15) is 18.7 Å². The van der Waals surface area contributed by atoms with E-state index >= 15 is 0 Å². The van der Waals surface area contributed by atoms with Gasteiger partial charge in [-0.15, -0.1) is 0 Å². The van der Waals surface area contributed by atoms with Crippen molar-refractivity contribution in [1.82, 2.24) is 15.0 Å². The number of hydrogen-bond acceptors (Lipinski definition) is 7. The Balaban J connectivity index is 1.24. The second kappa shape index (κ2) is 10.8. The molecule has 1 amide bonds. The summed E-state index contributed by atoms with van der Waals surface area (Å²) in [6.07, 6.45) is 3.26. The minimum atomic E-state index is -0.0181. The normalized spacial score (nSPS) is 14.6. The molecule has 0 saturated carbocycles. The predicted molar refractivity (Wildman–Crippen MR) is 125 cm³/mol. The van der Waals surface area contributed by atoms with Gasteiger partial charge in [0.1, 0.15) is 18.1 Å². The van der Waals surface area contributed by atoms with Gasteiger partial charge in [0.25, 0.3) is 0 Å². The first-order valence-electron chi connectivity index (χ1n) is 11.0. The summed E-state index contributed by atoms with van der Waals surface area (Å²) < 4.78 is 16.1. The van der Waals surface area contributed by atoms with Crippen molar-refractivity contribution in [2.75, 3.05) is 32.1 Å². The number of aromatic nitrogens is 2. The van der Waals surface area contributed by atoms with Gasteiger partial charge in [0.05, 0.1) is 13.7 Å². The van der Waals surface area contributed by atoms with Crippen LogP contribution < -0.4 is 14.8 Å². The van der Waals surface area contributed by atoms with Crippen LogP contribution in [0, 0.1) is 5.92 Å². The van der Waals surface area contributed by atoms with Crippen molar-refractivity contribution in [2.24, 2.45) is 5.92 Å². The fourth-order valence-corrected chi connectivity index (χ4v) is 3.75. The van der Waals surface area contributed by atoms with Crippen LogP contribution in [0.15, 0.2) is 65.7 Å². The number of amides is 1. The molecule has 2 heterocycles. The van der Waals surface area contributed by atoms with E-state index in [-0.39, 0.29) is 11.8 Å². The molecule has 8 heteroatoms. The van der Waals surface area contributed by atoms with Gasteiger partial charge in [0.2, 0.25) is 17.6 Å². The maximum absolute atomic E-state index is 12.7. The van der Waals surface area contributed by atoms with Gasteiger partial charge in [-0.1, -0.05) is 17.8 Å². The highest BCUT2D eigenvalue weighted by Crippen LogP contribution is 2.23. The summed E-state index contributed by atoms with van der Waals surface area (Å²) in [5.41, 5.74) is 1.65. The molecule has 1 aromatic heterocycles. The quantitative estimate of drug-likeness (QED) is 0.492. The first kappa shape index (κ1) is 22.5. The lowest BCUT2D eigenvalue weighted by Gasteiger charge is -2.30. The van der Waals surface area contributed by atoms with E-state index in [2.05, 4.69) is 26.9 Å². The van der Waals surface area contributed by atoms with E-state index in [1.165, 1.54) is 0 Å². The molecule has 1 aliphatic heterocycles. The van der Waals surface area contributed by atoms with Crippen molar-refractivity contribution >= 4 is 11.6 Å². The number of anilines is 1. The van der Waals surface area contributed by atoms with E-state index in [9.17, 15) is 4.79 Å². The standard InChI is InChI=1S/C25H28N4O4/c1-3-16-32-22-10-6-20(7-11-22)26-25(30)19-12-14-29(15-13-19)17-23-27-24(28-33-23)18-4-8-21(31-2)9-5-18/h3-11,19H,1,12-17H2,2H3,(H,26,30).